The molecule has 1 aromatic heterocycles. The summed E-state index contributed by atoms with van der Waals surface area (Å²) in [6.07, 6.45) is 1.58. The number of halogens is 1. The number of nitrogens with two attached hydrogens (primary N) is 1. The van der Waals surface area contributed by atoms with Gasteiger partial charge in [0.05, 0.1) is 28.9 Å². The Hall–Kier alpha value is -3.43. The number of amides is 2. The molecular formula is C20H15ClN4O4S. The molecule has 1 fully saturated rings. The lowest BCUT2D eigenvalue weighted by Gasteiger charge is -2.18. The number of ether oxygens (including phenoxy) is 2. The fraction of sp³-hybridized carbons (Fsp3) is 0.100. The molecule has 2 amide bonds. The Morgan fingerprint density at radius 3 is 2.70 bits per heavy atom. The van der Waals surface area contributed by atoms with Crippen molar-refractivity contribution in [2.45, 2.75) is 0 Å². The van der Waals surface area contributed by atoms with E-state index in [1.54, 1.807) is 47.5 Å². The molecule has 3 N–H and O–H groups in total. The molecule has 0 spiro atoms. The van der Waals surface area contributed by atoms with Crippen LogP contribution in [0.2, 0.25) is 5.02 Å². The number of primary amides is 1. The summed E-state index contributed by atoms with van der Waals surface area (Å²) in [5.41, 5.74) is 6.84. The zero-order chi connectivity index (χ0) is 21.4. The number of benzene rings is 2. The molecule has 10 heteroatoms. The molecule has 30 heavy (non-hydrogen) atoms. The molecule has 4 rings (SSSR count). The van der Waals surface area contributed by atoms with Crippen LogP contribution in [0.1, 0.15) is 10.4 Å². The van der Waals surface area contributed by atoms with Crippen LogP contribution < -0.4 is 25.4 Å². The van der Waals surface area contributed by atoms with E-state index in [4.69, 9.17) is 39.0 Å². The van der Waals surface area contributed by atoms with Gasteiger partial charge in [-0.3, -0.25) is 14.6 Å². The fourth-order valence-corrected chi connectivity index (χ4v) is 3.68. The van der Waals surface area contributed by atoms with Gasteiger partial charge in [0.15, 0.2) is 5.11 Å². The molecule has 1 aliphatic rings. The van der Waals surface area contributed by atoms with Crippen molar-refractivity contribution in [3.05, 3.63) is 53.2 Å². The average molecular weight is 443 g/mol. The highest BCUT2D eigenvalue weighted by Gasteiger charge is 2.26. The van der Waals surface area contributed by atoms with E-state index in [-0.39, 0.29) is 18.0 Å². The third-order valence-corrected chi connectivity index (χ3v) is 5.14. The SMILES string of the molecule is COc1cc2nccc(Oc3ccc(N4CC(=O)NC4=S)c(Cl)c3)c2cc1C(N)=O. The topological polar surface area (TPSA) is 107 Å². The van der Waals surface area contributed by atoms with Gasteiger partial charge in [-0.05, 0) is 36.5 Å². The van der Waals surface area contributed by atoms with Gasteiger partial charge in [-0.1, -0.05) is 11.6 Å². The van der Waals surface area contributed by atoms with E-state index in [1.807, 2.05) is 0 Å². The molecule has 0 atom stereocenters. The summed E-state index contributed by atoms with van der Waals surface area (Å²) in [4.78, 5) is 29.2. The smallest absolute Gasteiger partial charge is 0.252 e. The molecule has 2 aromatic carbocycles. The third kappa shape index (κ3) is 3.60. The minimum Gasteiger partial charge on any atom is -0.496 e. The zero-order valence-corrected chi connectivity index (χ0v) is 17.2. The molecule has 3 aromatic rings. The molecule has 0 aliphatic carbocycles. The van der Waals surface area contributed by atoms with Crippen LogP contribution in [0.5, 0.6) is 17.2 Å². The summed E-state index contributed by atoms with van der Waals surface area (Å²) in [5.74, 6) is 0.428. The maximum atomic E-state index is 11.8. The quantitative estimate of drug-likeness (QED) is 0.585. The Labute approximate surface area is 181 Å². The van der Waals surface area contributed by atoms with Crippen LogP contribution in [0.4, 0.5) is 5.69 Å². The van der Waals surface area contributed by atoms with Gasteiger partial charge in [-0.25, -0.2) is 0 Å². The standard InChI is InChI=1S/C20H15ClN4O4S/c1-28-17-8-14-11(7-12(17)19(22)27)16(4-5-23-14)29-10-2-3-15(13(21)6-10)25-9-18(26)24-20(25)30/h2-8H,9H2,1H3,(H2,22,27)(H,24,26,30). The second-order valence-electron chi connectivity index (χ2n) is 6.40. The number of nitrogens with zero attached hydrogens (tertiary/aromatic N) is 2. The number of aromatic nitrogens is 1. The van der Waals surface area contributed by atoms with E-state index in [9.17, 15) is 9.59 Å². The van der Waals surface area contributed by atoms with Crippen LogP contribution in [0.25, 0.3) is 10.9 Å². The summed E-state index contributed by atoms with van der Waals surface area (Å²) in [5, 5.41) is 3.81. The van der Waals surface area contributed by atoms with Gasteiger partial charge in [-0.2, -0.15) is 0 Å². The Morgan fingerprint density at radius 2 is 2.07 bits per heavy atom. The maximum Gasteiger partial charge on any atom is 0.252 e. The number of anilines is 1. The number of nitrogens with one attached hydrogen (secondary N) is 1. The predicted octanol–water partition coefficient (Wildman–Crippen LogP) is 3.01. The molecule has 0 radical (unpaired) electrons. The van der Waals surface area contributed by atoms with Gasteiger partial charge in [0.25, 0.3) is 5.91 Å². The van der Waals surface area contributed by atoms with E-state index < -0.39 is 5.91 Å². The number of hydrogen-bond acceptors (Lipinski definition) is 6. The second kappa shape index (κ2) is 7.77. The molecule has 152 valence electrons. The van der Waals surface area contributed by atoms with Crippen LogP contribution in [-0.2, 0) is 4.79 Å². The molecular weight excluding hydrogens is 428 g/mol. The van der Waals surface area contributed by atoms with E-state index in [2.05, 4.69) is 10.3 Å². The molecule has 0 saturated carbocycles. The molecule has 1 saturated heterocycles. The number of carbonyl (C=O) groups is 2. The normalized spacial score (nSPS) is 13.5. The van der Waals surface area contributed by atoms with Crippen molar-refractivity contribution in [3.63, 3.8) is 0 Å². The number of rotatable bonds is 5. The van der Waals surface area contributed by atoms with Crippen molar-refractivity contribution < 1.29 is 19.1 Å². The van der Waals surface area contributed by atoms with Crippen LogP contribution in [0.15, 0.2) is 42.6 Å². The van der Waals surface area contributed by atoms with Gasteiger partial charge >= 0.3 is 0 Å². The van der Waals surface area contributed by atoms with Gasteiger partial charge in [0.2, 0.25) is 5.91 Å². The highest BCUT2D eigenvalue weighted by Crippen LogP contribution is 2.36. The monoisotopic (exact) mass is 442 g/mol. The number of methoxy groups -OCH3 is 1. The first-order chi connectivity index (χ1) is 14.4. The van der Waals surface area contributed by atoms with Crippen LogP contribution in [0, 0.1) is 0 Å². The molecule has 0 unspecified atom stereocenters. The largest absolute Gasteiger partial charge is 0.496 e. The Morgan fingerprint density at radius 1 is 1.27 bits per heavy atom. The lowest BCUT2D eigenvalue weighted by molar-refractivity contribution is -0.117. The summed E-state index contributed by atoms with van der Waals surface area (Å²) < 4.78 is 11.2. The number of thiocarbonyl (C=S) groups is 1. The first kappa shape index (κ1) is 19.9. The molecule has 8 nitrogen and oxygen atoms in total. The summed E-state index contributed by atoms with van der Waals surface area (Å²) >= 11 is 11.6. The van der Waals surface area contributed by atoms with Gasteiger partial charge in [0, 0.05) is 23.7 Å². The van der Waals surface area contributed by atoms with Crippen molar-refractivity contribution in [1.82, 2.24) is 10.3 Å². The zero-order valence-electron chi connectivity index (χ0n) is 15.6. The highest BCUT2D eigenvalue weighted by molar-refractivity contribution is 7.80. The number of carbonyl (C=O) groups excluding carboxylic acids is 2. The van der Waals surface area contributed by atoms with E-state index >= 15 is 0 Å². The van der Waals surface area contributed by atoms with Crippen molar-refractivity contribution in [3.8, 4) is 17.2 Å². The Bertz CT molecular complexity index is 1220. The van der Waals surface area contributed by atoms with Crippen molar-refractivity contribution in [2.24, 2.45) is 5.73 Å². The van der Waals surface area contributed by atoms with E-state index in [0.717, 1.165) is 0 Å². The summed E-state index contributed by atoms with van der Waals surface area (Å²) in [6.45, 7) is 0.103. The van der Waals surface area contributed by atoms with E-state index in [0.29, 0.717) is 44.0 Å². The Kier molecular flexibility index (Phi) is 5.15. The third-order valence-electron chi connectivity index (χ3n) is 4.52. The van der Waals surface area contributed by atoms with Gasteiger partial charge in [0.1, 0.15) is 23.8 Å². The summed E-state index contributed by atoms with van der Waals surface area (Å²) in [6, 6.07) is 9.90. The minimum absolute atomic E-state index is 0.103. The van der Waals surface area contributed by atoms with Crippen molar-refractivity contribution in [2.75, 3.05) is 18.6 Å². The number of hydrogen-bond donors (Lipinski definition) is 2. The molecule has 1 aliphatic heterocycles. The van der Waals surface area contributed by atoms with Gasteiger partial charge in [-0.15, -0.1) is 0 Å². The Balaban J connectivity index is 1.70. The van der Waals surface area contributed by atoms with Crippen LogP contribution in [-0.4, -0.2) is 35.6 Å². The highest BCUT2D eigenvalue weighted by atomic mass is 35.5. The molecule has 2 heterocycles. The average Bonchev–Trinajstić information content (AvgIpc) is 3.05. The minimum atomic E-state index is -0.624. The maximum absolute atomic E-state index is 11.8. The van der Waals surface area contributed by atoms with Crippen molar-refractivity contribution >= 4 is 57.3 Å². The van der Waals surface area contributed by atoms with Crippen LogP contribution >= 0.6 is 23.8 Å². The van der Waals surface area contributed by atoms with Crippen molar-refractivity contribution in [1.29, 1.82) is 0 Å². The first-order valence-corrected chi connectivity index (χ1v) is 9.51. The number of pyridine rings is 1. The lowest BCUT2D eigenvalue weighted by Crippen LogP contribution is -2.27. The van der Waals surface area contributed by atoms with Gasteiger partial charge < -0.3 is 25.4 Å². The summed E-state index contributed by atoms with van der Waals surface area (Å²) in [7, 11) is 1.45. The molecule has 0 bridgehead atoms. The number of fused-ring (bicyclic) bond motifs is 1. The predicted molar refractivity (Wildman–Crippen MR) is 116 cm³/mol. The second-order valence-corrected chi connectivity index (χ2v) is 7.19. The van der Waals surface area contributed by atoms with Crippen LogP contribution in [0.3, 0.4) is 0 Å². The lowest BCUT2D eigenvalue weighted by atomic mass is 10.1. The first-order valence-electron chi connectivity index (χ1n) is 8.72. The van der Waals surface area contributed by atoms with E-state index in [1.165, 1.54) is 7.11 Å². The fourth-order valence-electron chi connectivity index (χ4n) is 3.13.